The fourth-order valence-electron chi connectivity index (χ4n) is 7.62. The van der Waals surface area contributed by atoms with Crippen molar-refractivity contribution in [3.63, 3.8) is 0 Å². The summed E-state index contributed by atoms with van der Waals surface area (Å²) in [5.74, 6) is -0.992. The number of hydrogen-bond donors (Lipinski definition) is 0. The van der Waals surface area contributed by atoms with Gasteiger partial charge in [0.25, 0.3) is 10.1 Å². The van der Waals surface area contributed by atoms with Crippen molar-refractivity contribution in [2.24, 2.45) is 28.6 Å². The summed E-state index contributed by atoms with van der Waals surface area (Å²) < 4.78 is 38.7. The van der Waals surface area contributed by atoms with E-state index in [0.717, 1.165) is 11.8 Å². The molecule has 0 N–H and O–H groups in total. The molecule has 0 unspecified atom stereocenters. The fraction of sp³-hybridized carbons (Fsp3) is 0.760. The van der Waals surface area contributed by atoms with Crippen LogP contribution in [0.5, 0.6) is 0 Å². The van der Waals surface area contributed by atoms with Crippen LogP contribution in [0, 0.1) is 28.6 Å². The molecule has 4 aliphatic carbocycles. The van der Waals surface area contributed by atoms with Crippen LogP contribution < -0.4 is 0 Å². The molecule has 35 heavy (non-hydrogen) atoms. The first kappa shape index (κ1) is 26.0. The molecule has 0 aliphatic heterocycles. The van der Waals surface area contributed by atoms with E-state index >= 15 is 0 Å². The Hall–Kier alpha value is -2.07. The van der Waals surface area contributed by atoms with E-state index < -0.39 is 45.1 Å². The van der Waals surface area contributed by atoms with Gasteiger partial charge in [-0.2, -0.15) is 8.42 Å². The van der Waals surface area contributed by atoms with Gasteiger partial charge in [-0.05, 0) is 62.4 Å². The minimum Gasteiger partial charge on any atom is -0.435 e. The van der Waals surface area contributed by atoms with Crippen molar-refractivity contribution in [3.8, 4) is 0 Å². The highest BCUT2D eigenvalue weighted by molar-refractivity contribution is 7.86. The van der Waals surface area contributed by atoms with Gasteiger partial charge in [0, 0.05) is 24.2 Å². The lowest BCUT2D eigenvalue weighted by Crippen LogP contribution is -2.62. The molecular formula is C25H34O9S. The normalized spacial score (nSPS) is 38.6. The van der Waals surface area contributed by atoms with E-state index in [4.69, 9.17) is 13.7 Å². The van der Waals surface area contributed by atoms with Gasteiger partial charge >= 0.3 is 6.16 Å². The van der Waals surface area contributed by atoms with Crippen molar-refractivity contribution >= 4 is 33.6 Å². The van der Waals surface area contributed by atoms with E-state index in [1.165, 1.54) is 0 Å². The topological polar surface area (TPSA) is 130 Å². The summed E-state index contributed by atoms with van der Waals surface area (Å²) in [4.78, 5) is 51.9. The molecule has 0 heterocycles. The molecule has 194 valence electrons. The van der Waals surface area contributed by atoms with Gasteiger partial charge in [-0.25, -0.2) is 4.79 Å². The van der Waals surface area contributed by atoms with Gasteiger partial charge in [-0.3, -0.25) is 18.6 Å². The zero-order valence-corrected chi connectivity index (χ0v) is 21.6. The van der Waals surface area contributed by atoms with Gasteiger partial charge in [-0.15, -0.1) is 0 Å². The predicted octanol–water partition coefficient (Wildman–Crippen LogP) is 3.15. The van der Waals surface area contributed by atoms with E-state index in [1.54, 1.807) is 19.9 Å². The standard InChI is InChI=1S/C25H34O9S/c1-5-32-22(29)34-25(20(28)14-33-35(4,30)31)11-9-18-17-7-6-15-12-16(26)8-10-23(15,2)21(17)19(27)13-24(18,25)3/h12,17-18,21H,5-11,13-14H2,1-4H3/t17-,18-,21+,23-,24-,25-/m0/s1. The zero-order chi connectivity index (χ0) is 25.8. The minimum atomic E-state index is -3.91. The van der Waals surface area contributed by atoms with Gasteiger partial charge < -0.3 is 9.47 Å². The molecule has 0 bridgehead atoms. The summed E-state index contributed by atoms with van der Waals surface area (Å²) >= 11 is 0. The van der Waals surface area contributed by atoms with Crippen molar-refractivity contribution in [1.82, 2.24) is 0 Å². The maximum Gasteiger partial charge on any atom is 0.509 e. The van der Waals surface area contributed by atoms with Crippen LogP contribution in [0.15, 0.2) is 11.6 Å². The first-order chi connectivity index (χ1) is 16.3. The lowest BCUT2D eigenvalue weighted by Gasteiger charge is -2.57. The van der Waals surface area contributed by atoms with E-state index in [9.17, 15) is 27.6 Å². The molecule has 0 aromatic heterocycles. The largest absolute Gasteiger partial charge is 0.509 e. The number of carbonyl (C=O) groups is 4. The van der Waals surface area contributed by atoms with Crippen LogP contribution in [-0.4, -0.2) is 57.0 Å². The Kier molecular flexibility index (Phi) is 6.54. The Bertz CT molecular complexity index is 1090. The van der Waals surface area contributed by atoms with Gasteiger partial charge in [0.1, 0.15) is 12.4 Å². The third kappa shape index (κ3) is 4.16. The molecule has 3 fully saturated rings. The molecule has 0 aromatic carbocycles. The Morgan fingerprint density at radius 2 is 1.83 bits per heavy atom. The third-order valence-electron chi connectivity index (χ3n) is 9.15. The first-order valence-electron chi connectivity index (χ1n) is 12.3. The average Bonchev–Trinajstić information content (AvgIpc) is 3.04. The molecule has 4 rings (SSSR count). The summed E-state index contributed by atoms with van der Waals surface area (Å²) in [6.45, 7) is 4.74. The third-order valence-corrected chi connectivity index (χ3v) is 9.69. The number of rotatable bonds is 6. The molecule has 0 amide bonds. The molecule has 0 aromatic rings. The monoisotopic (exact) mass is 510 g/mol. The van der Waals surface area contributed by atoms with Crippen molar-refractivity contribution in [2.45, 2.75) is 71.3 Å². The quantitative estimate of drug-likeness (QED) is 0.391. The van der Waals surface area contributed by atoms with Gasteiger partial charge in [0.15, 0.2) is 11.4 Å². The molecule has 3 saturated carbocycles. The van der Waals surface area contributed by atoms with Gasteiger partial charge in [0.2, 0.25) is 5.78 Å². The van der Waals surface area contributed by atoms with Crippen LogP contribution in [0.3, 0.4) is 0 Å². The Labute approximate surface area is 206 Å². The summed E-state index contributed by atoms with van der Waals surface area (Å²) in [5.41, 5.74) is -2.12. The van der Waals surface area contributed by atoms with Crippen LogP contribution in [0.1, 0.15) is 65.7 Å². The highest BCUT2D eigenvalue weighted by Crippen LogP contribution is 2.67. The van der Waals surface area contributed by atoms with Crippen LogP contribution in [0.25, 0.3) is 0 Å². The second-order valence-electron chi connectivity index (χ2n) is 10.9. The number of hydrogen-bond acceptors (Lipinski definition) is 9. The van der Waals surface area contributed by atoms with E-state index in [2.05, 4.69) is 6.92 Å². The Morgan fingerprint density at radius 1 is 1.11 bits per heavy atom. The summed E-state index contributed by atoms with van der Waals surface area (Å²) in [5, 5.41) is 0. The second-order valence-corrected chi connectivity index (χ2v) is 12.6. The maximum atomic E-state index is 13.8. The molecular weight excluding hydrogens is 476 g/mol. The number of Topliss-reactive ketones (excluding diaryl/α,β-unsaturated/α-hetero) is 2. The van der Waals surface area contributed by atoms with Gasteiger partial charge in [-0.1, -0.05) is 19.4 Å². The summed E-state index contributed by atoms with van der Waals surface area (Å²) in [6.07, 6.45) is 4.70. The lowest BCUT2D eigenvalue weighted by atomic mass is 9.46. The molecule has 0 radical (unpaired) electrons. The molecule has 0 saturated heterocycles. The van der Waals surface area contributed by atoms with Crippen LogP contribution in [0.2, 0.25) is 0 Å². The van der Waals surface area contributed by atoms with Crippen molar-refractivity contribution in [2.75, 3.05) is 19.5 Å². The minimum absolute atomic E-state index is 0.00763. The highest BCUT2D eigenvalue weighted by Gasteiger charge is 2.71. The van der Waals surface area contributed by atoms with E-state index in [1.807, 2.05) is 0 Å². The van der Waals surface area contributed by atoms with Crippen molar-refractivity contribution in [1.29, 1.82) is 0 Å². The molecule has 0 spiro atoms. The van der Waals surface area contributed by atoms with Crippen LogP contribution in [-0.2, 0) is 38.2 Å². The van der Waals surface area contributed by atoms with Crippen LogP contribution >= 0.6 is 0 Å². The maximum absolute atomic E-state index is 13.8. The molecule has 4 aliphatic rings. The number of fused-ring (bicyclic) bond motifs is 5. The number of ether oxygens (including phenoxy) is 2. The zero-order valence-electron chi connectivity index (χ0n) is 20.8. The Morgan fingerprint density at radius 3 is 2.49 bits per heavy atom. The number of ketones is 3. The smallest absolute Gasteiger partial charge is 0.435 e. The predicted molar refractivity (Wildman–Crippen MR) is 124 cm³/mol. The summed E-state index contributed by atoms with van der Waals surface area (Å²) in [6, 6.07) is 0. The van der Waals surface area contributed by atoms with E-state index in [-0.39, 0.29) is 48.8 Å². The average molecular weight is 511 g/mol. The van der Waals surface area contributed by atoms with E-state index in [0.29, 0.717) is 32.1 Å². The molecule has 9 nitrogen and oxygen atoms in total. The lowest BCUT2D eigenvalue weighted by molar-refractivity contribution is -0.174. The SMILES string of the molecule is CCOC(=O)O[C@]1(C(=O)COS(C)(=O)=O)CC[C@H]2[C@@H]3CCC4=CC(=O)CC[C@]4(C)[C@H]3C(=O)C[C@@]21C. The molecule has 10 heteroatoms. The molecule has 6 atom stereocenters. The fourth-order valence-corrected chi connectivity index (χ4v) is 7.94. The second kappa shape index (κ2) is 8.80. The van der Waals surface area contributed by atoms with Crippen LogP contribution in [0.4, 0.5) is 4.79 Å². The number of allylic oxidation sites excluding steroid dienone is 1. The van der Waals surface area contributed by atoms with Crippen molar-refractivity contribution < 1.29 is 41.3 Å². The van der Waals surface area contributed by atoms with Crippen molar-refractivity contribution in [3.05, 3.63) is 11.6 Å². The number of carbonyl (C=O) groups excluding carboxylic acids is 4. The summed E-state index contributed by atoms with van der Waals surface area (Å²) in [7, 11) is -3.91. The Balaban J connectivity index is 1.73. The highest BCUT2D eigenvalue weighted by atomic mass is 32.2. The van der Waals surface area contributed by atoms with Gasteiger partial charge in [0.05, 0.1) is 12.9 Å². The first-order valence-corrected chi connectivity index (χ1v) is 14.1.